The maximum Gasteiger partial charge on any atom is 0.338 e. The van der Waals surface area contributed by atoms with Crippen LogP contribution in [0.3, 0.4) is 0 Å². The molecule has 0 N–H and O–H groups in total. The Hall–Kier alpha value is -4.08. The lowest BCUT2D eigenvalue weighted by Gasteiger charge is -2.25. The molecule has 0 fully saturated rings. The van der Waals surface area contributed by atoms with Gasteiger partial charge >= 0.3 is 11.9 Å². The van der Waals surface area contributed by atoms with Crippen molar-refractivity contribution in [3.63, 3.8) is 0 Å². The van der Waals surface area contributed by atoms with Crippen molar-refractivity contribution in [2.45, 2.75) is 26.5 Å². The van der Waals surface area contributed by atoms with Crippen LogP contribution in [0.25, 0.3) is 11.8 Å². The van der Waals surface area contributed by atoms with E-state index < -0.39 is 12.0 Å². The third kappa shape index (κ3) is 7.58. The highest BCUT2D eigenvalue weighted by molar-refractivity contribution is 14.1. The van der Waals surface area contributed by atoms with Gasteiger partial charge in [-0.15, -0.1) is 0 Å². The van der Waals surface area contributed by atoms with Gasteiger partial charge in [-0.1, -0.05) is 84.1 Å². The summed E-state index contributed by atoms with van der Waals surface area (Å²) in [5.74, 6) is -0.137. The van der Waals surface area contributed by atoms with Crippen molar-refractivity contribution in [1.82, 2.24) is 4.57 Å². The summed E-state index contributed by atoms with van der Waals surface area (Å²) < 4.78 is 20.6. The fourth-order valence-electron chi connectivity index (χ4n) is 5.45. The second-order valence-corrected chi connectivity index (χ2v) is 14.2. The Morgan fingerprint density at radius 2 is 1.47 bits per heavy atom. The van der Waals surface area contributed by atoms with Gasteiger partial charge in [0.05, 0.1) is 47.8 Å². The standard InChI is InChI=1S/C38H30I2N2O6S/c1-3-46-36(44)27-17-15-23(16-18-27)22-48-34-28(39)19-24(20-29(34)40)21-30-35(43)42-33(26-13-9-6-10-14-26)31(37(45)47-4-2)32(41-38(42)49-30)25-11-7-5-8-12-25/h5-21,33H,3-4,22H2,1-2H3/b30-21-/t33-/m1/s1. The average Bonchev–Trinajstić information content (AvgIpc) is 3.42. The molecule has 0 spiro atoms. The predicted molar refractivity (Wildman–Crippen MR) is 206 cm³/mol. The van der Waals surface area contributed by atoms with Gasteiger partial charge in [0.1, 0.15) is 12.4 Å². The normalized spacial score (nSPS) is 14.2. The molecule has 0 amide bonds. The summed E-state index contributed by atoms with van der Waals surface area (Å²) in [6.07, 6.45) is 1.85. The number of esters is 2. The number of hydrogen-bond donors (Lipinski definition) is 0. The summed E-state index contributed by atoms with van der Waals surface area (Å²) in [6.45, 7) is 4.37. The van der Waals surface area contributed by atoms with E-state index in [1.54, 1.807) is 30.5 Å². The van der Waals surface area contributed by atoms with Crippen molar-refractivity contribution in [3.05, 3.63) is 157 Å². The molecule has 0 saturated heterocycles. The summed E-state index contributed by atoms with van der Waals surface area (Å²) in [5, 5.41) is 0. The number of benzene rings is 4. The number of hydrogen-bond acceptors (Lipinski definition) is 8. The molecule has 1 aliphatic heterocycles. The molecule has 5 aromatic rings. The molecule has 49 heavy (non-hydrogen) atoms. The third-order valence-electron chi connectivity index (χ3n) is 7.66. The molecule has 1 aliphatic rings. The monoisotopic (exact) mass is 896 g/mol. The van der Waals surface area contributed by atoms with Gasteiger partial charge in [0.15, 0.2) is 4.80 Å². The van der Waals surface area contributed by atoms with Crippen LogP contribution in [-0.2, 0) is 20.9 Å². The second kappa shape index (κ2) is 15.6. The fourth-order valence-corrected chi connectivity index (χ4v) is 8.58. The molecule has 1 atom stereocenters. The number of fused-ring (bicyclic) bond motifs is 1. The Bertz CT molecular complexity index is 2210. The smallest absolute Gasteiger partial charge is 0.338 e. The topological polar surface area (TPSA) is 96.2 Å². The van der Waals surface area contributed by atoms with Crippen LogP contribution in [0.1, 0.15) is 52.5 Å². The SMILES string of the molecule is CCOC(=O)C1=C(c2ccccc2)N=c2s/c(=C\c3cc(I)c(OCc4ccc(C(=O)OCC)cc4)c(I)c3)c(=O)n2[C@@H]1c1ccccc1. The fraction of sp³-hybridized carbons (Fsp3) is 0.158. The minimum atomic E-state index is -0.726. The highest BCUT2D eigenvalue weighted by atomic mass is 127. The molecule has 11 heteroatoms. The minimum Gasteiger partial charge on any atom is -0.487 e. The Labute approximate surface area is 314 Å². The van der Waals surface area contributed by atoms with Gasteiger partial charge in [-0.3, -0.25) is 9.36 Å². The zero-order valence-corrected chi connectivity index (χ0v) is 31.7. The molecule has 0 unspecified atom stereocenters. The Balaban J connectivity index is 1.38. The van der Waals surface area contributed by atoms with E-state index >= 15 is 0 Å². The minimum absolute atomic E-state index is 0.190. The zero-order chi connectivity index (χ0) is 34.5. The molecule has 2 heterocycles. The van der Waals surface area contributed by atoms with Gasteiger partial charge < -0.3 is 14.2 Å². The predicted octanol–water partition coefficient (Wildman–Crippen LogP) is 6.90. The van der Waals surface area contributed by atoms with E-state index in [-0.39, 0.29) is 18.1 Å². The van der Waals surface area contributed by atoms with Crippen LogP contribution in [0.4, 0.5) is 0 Å². The highest BCUT2D eigenvalue weighted by Crippen LogP contribution is 2.35. The molecule has 0 bridgehead atoms. The largest absolute Gasteiger partial charge is 0.487 e. The van der Waals surface area contributed by atoms with E-state index in [2.05, 4.69) is 45.2 Å². The van der Waals surface area contributed by atoms with E-state index in [4.69, 9.17) is 19.2 Å². The third-order valence-corrected chi connectivity index (χ3v) is 10.2. The summed E-state index contributed by atoms with van der Waals surface area (Å²) in [7, 11) is 0. The van der Waals surface area contributed by atoms with Gasteiger partial charge in [-0.2, -0.15) is 0 Å². The van der Waals surface area contributed by atoms with Crippen LogP contribution in [0.2, 0.25) is 0 Å². The van der Waals surface area contributed by atoms with E-state index in [1.807, 2.05) is 91.0 Å². The highest BCUT2D eigenvalue weighted by Gasteiger charge is 2.35. The van der Waals surface area contributed by atoms with Gasteiger partial charge in [-0.05, 0) is 106 Å². The van der Waals surface area contributed by atoms with Crippen LogP contribution >= 0.6 is 56.5 Å². The molecule has 0 saturated carbocycles. The van der Waals surface area contributed by atoms with Crippen LogP contribution in [0, 0.1) is 7.14 Å². The Morgan fingerprint density at radius 3 is 2.10 bits per heavy atom. The molecule has 4 aromatic carbocycles. The first-order valence-corrected chi connectivity index (χ1v) is 18.5. The lowest BCUT2D eigenvalue weighted by molar-refractivity contribution is -0.138. The van der Waals surface area contributed by atoms with Crippen molar-refractivity contribution in [1.29, 1.82) is 0 Å². The van der Waals surface area contributed by atoms with Crippen molar-refractivity contribution in [2.24, 2.45) is 4.99 Å². The van der Waals surface area contributed by atoms with E-state index in [0.717, 1.165) is 35.1 Å². The molecule has 0 radical (unpaired) electrons. The quantitative estimate of drug-likeness (QED) is 0.112. The molecule has 1 aromatic heterocycles. The summed E-state index contributed by atoms with van der Waals surface area (Å²) in [6, 6.07) is 29.4. The van der Waals surface area contributed by atoms with Crippen molar-refractivity contribution < 1.29 is 23.8 Å². The van der Waals surface area contributed by atoms with E-state index in [1.165, 1.54) is 11.3 Å². The number of carbonyl (C=O) groups excluding carboxylic acids is 2. The van der Waals surface area contributed by atoms with Gasteiger partial charge in [0.2, 0.25) is 0 Å². The van der Waals surface area contributed by atoms with E-state index in [0.29, 0.717) is 39.4 Å². The summed E-state index contributed by atoms with van der Waals surface area (Å²) >= 11 is 5.75. The first-order chi connectivity index (χ1) is 23.8. The maximum atomic E-state index is 14.2. The maximum absolute atomic E-state index is 14.2. The molecule has 6 rings (SSSR count). The van der Waals surface area contributed by atoms with E-state index in [9.17, 15) is 14.4 Å². The number of ether oxygens (including phenoxy) is 3. The second-order valence-electron chi connectivity index (χ2n) is 10.9. The number of halogens is 2. The molecule has 8 nitrogen and oxygen atoms in total. The Morgan fingerprint density at radius 1 is 0.857 bits per heavy atom. The molecule has 0 aliphatic carbocycles. The van der Waals surface area contributed by atoms with Crippen LogP contribution in [0.5, 0.6) is 5.75 Å². The lowest BCUT2D eigenvalue weighted by Crippen LogP contribution is -2.40. The summed E-state index contributed by atoms with van der Waals surface area (Å²) in [4.78, 5) is 45.2. The van der Waals surface area contributed by atoms with Crippen molar-refractivity contribution in [3.8, 4) is 5.75 Å². The van der Waals surface area contributed by atoms with Crippen molar-refractivity contribution >= 4 is 80.2 Å². The number of carbonyl (C=O) groups is 2. The van der Waals surface area contributed by atoms with Gasteiger partial charge in [0, 0.05) is 5.56 Å². The Kier molecular flexibility index (Phi) is 11.1. The first kappa shape index (κ1) is 34.8. The summed E-state index contributed by atoms with van der Waals surface area (Å²) in [5.41, 5.74) is 4.34. The number of thiazole rings is 1. The van der Waals surface area contributed by atoms with Gasteiger partial charge in [0.25, 0.3) is 5.56 Å². The lowest BCUT2D eigenvalue weighted by atomic mass is 9.93. The average molecular weight is 897 g/mol. The molecule has 248 valence electrons. The van der Waals surface area contributed by atoms with Crippen molar-refractivity contribution in [2.75, 3.05) is 13.2 Å². The number of nitrogens with zero attached hydrogens (tertiary/aromatic N) is 2. The number of rotatable bonds is 10. The molecular weight excluding hydrogens is 866 g/mol. The van der Waals surface area contributed by atoms with Crippen LogP contribution in [0.15, 0.2) is 112 Å². The van der Waals surface area contributed by atoms with Crippen LogP contribution < -0.4 is 19.6 Å². The van der Waals surface area contributed by atoms with Crippen LogP contribution in [-0.4, -0.2) is 29.7 Å². The molecular formula is C38H30I2N2O6S. The zero-order valence-electron chi connectivity index (χ0n) is 26.5. The van der Waals surface area contributed by atoms with Gasteiger partial charge in [-0.25, -0.2) is 14.6 Å². The number of aromatic nitrogens is 1. The first-order valence-electron chi connectivity index (χ1n) is 15.5.